The maximum atomic E-state index is 13.6. The van der Waals surface area contributed by atoms with Crippen molar-refractivity contribution in [3.8, 4) is 0 Å². The van der Waals surface area contributed by atoms with Gasteiger partial charge in [-0.25, -0.2) is 22.2 Å². The Balaban J connectivity index is 1.62. The number of hydrogen-bond acceptors (Lipinski definition) is 6. The fourth-order valence-corrected chi connectivity index (χ4v) is 5.16. The van der Waals surface area contributed by atoms with Crippen LogP contribution in [0.2, 0.25) is 0 Å². The SMILES string of the molecule is O=C(CCS(=O)(=O)c1ccccc1)N(/N=C/c1ccc(F)cc1)c1nc2ccc(F)cc2s1. The third-order valence-electron chi connectivity index (χ3n) is 4.64. The molecule has 1 aromatic heterocycles. The summed E-state index contributed by atoms with van der Waals surface area (Å²) in [4.78, 5) is 17.5. The molecule has 0 saturated heterocycles. The van der Waals surface area contributed by atoms with E-state index in [1.165, 1.54) is 60.8 Å². The number of aromatic nitrogens is 1. The molecule has 0 unspecified atom stereocenters. The van der Waals surface area contributed by atoms with E-state index in [0.29, 0.717) is 15.8 Å². The van der Waals surface area contributed by atoms with E-state index < -0.39 is 33.1 Å². The number of nitrogens with zero attached hydrogens (tertiary/aromatic N) is 3. The summed E-state index contributed by atoms with van der Waals surface area (Å²) in [7, 11) is -3.68. The van der Waals surface area contributed by atoms with Gasteiger partial charge >= 0.3 is 0 Å². The number of hydrogen-bond donors (Lipinski definition) is 0. The maximum absolute atomic E-state index is 13.6. The van der Waals surface area contributed by atoms with Crippen molar-refractivity contribution in [1.29, 1.82) is 0 Å². The van der Waals surface area contributed by atoms with Gasteiger partial charge in [0.25, 0.3) is 5.91 Å². The van der Waals surface area contributed by atoms with E-state index in [-0.39, 0.29) is 16.4 Å². The molecule has 168 valence electrons. The molecule has 1 heterocycles. The van der Waals surface area contributed by atoms with Crippen LogP contribution in [0.25, 0.3) is 10.2 Å². The number of hydrazone groups is 1. The highest BCUT2D eigenvalue weighted by atomic mass is 32.2. The largest absolute Gasteiger partial charge is 0.272 e. The summed E-state index contributed by atoms with van der Waals surface area (Å²) in [5.74, 6) is -1.89. The molecule has 0 bridgehead atoms. The Bertz CT molecular complexity index is 1420. The molecular weight excluding hydrogens is 468 g/mol. The van der Waals surface area contributed by atoms with Crippen molar-refractivity contribution in [2.45, 2.75) is 11.3 Å². The maximum Gasteiger partial charge on any atom is 0.250 e. The summed E-state index contributed by atoms with van der Waals surface area (Å²) in [6.07, 6.45) is 0.998. The molecule has 0 aliphatic carbocycles. The van der Waals surface area contributed by atoms with Crippen LogP contribution in [0.1, 0.15) is 12.0 Å². The van der Waals surface area contributed by atoms with Crippen LogP contribution in [-0.4, -0.2) is 31.3 Å². The second kappa shape index (κ2) is 9.55. The average Bonchev–Trinajstić information content (AvgIpc) is 3.22. The van der Waals surface area contributed by atoms with Crippen LogP contribution in [0.3, 0.4) is 0 Å². The molecule has 33 heavy (non-hydrogen) atoms. The molecule has 4 rings (SSSR count). The summed E-state index contributed by atoms with van der Waals surface area (Å²) in [5, 5.41) is 5.34. The first-order chi connectivity index (χ1) is 15.8. The molecule has 1 amide bonds. The molecule has 0 spiro atoms. The van der Waals surface area contributed by atoms with Gasteiger partial charge in [-0.05, 0) is 48.0 Å². The summed E-state index contributed by atoms with van der Waals surface area (Å²) >= 11 is 1.05. The summed E-state index contributed by atoms with van der Waals surface area (Å²) in [6.45, 7) is 0. The Hall–Kier alpha value is -3.50. The van der Waals surface area contributed by atoms with Crippen molar-refractivity contribution in [1.82, 2.24) is 4.98 Å². The van der Waals surface area contributed by atoms with E-state index in [1.807, 2.05) is 0 Å². The predicted molar refractivity (Wildman–Crippen MR) is 124 cm³/mol. The number of fused-ring (bicyclic) bond motifs is 1. The van der Waals surface area contributed by atoms with E-state index in [9.17, 15) is 22.0 Å². The van der Waals surface area contributed by atoms with Crippen LogP contribution < -0.4 is 5.01 Å². The number of rotatable bonds is 7. The molecule has 6 nitrogen and oxygen atoms in total. The topological polar surface area (TPSA) is 79.7 Å². The quantitative estimate of drug-likeness (QED) is 0.278. The fraction of sp³-hybridized carbons (Fsp3) is 0.0870. The molecular formula is C23H17F2N3O3S2. The van der Waals surface area contributed by atoms with Crippen molar-refractivity contribution in [2.24, 2.45) is 5.10 Å². The van der Waals surface area contributed by atoms with Gasteiger partial charge in [-0.3, -0.25) is 4.79 Å². The Morgan fingerprint density at radius 1 is 1.00 bits per heavy atom. The van der Waals surface area contributed by atoms with Gasteiger partial charge in [0.15, 0.2) is 9.84 Å². The average molecular weight is 486 g/mol. The summed E-state index contributed by atoms with van der Waals surface area (Å²) in [5.41, 5.74) is 1.00. The lowest BCUT2D eigenvalue weighted by atomic mass is 10.2. The van der Waals surface area contributed by atoms with Crippen molar-refractivity contribution >= 4 is 48.6 Å². The lowest BCUT2D eigenvalue weighted by Gasteiger charge is -2.14. The second-order valence-corrected chi connectivity index (χ2v) is 10.1. The molecule has 0 aliphatic heterocycles. The Labute approximate surface area is 192 Å². The number of carbonyl (C=O) groups excluding carboxylic acids is 1. The molecule has 0 radical (unpaired) electrons. The van der Waals surface area contributed by atoms with Gasteiger partial charge in [0.2, 0.25) is 5.13 Å². The molecule has 0 fully saturated rings. The van der Waals surface area contributed by atoms with E-state index in [1.54, 1.807) is 18.2 Å². The molecule has 4 aromatic rings. The predicted octanol–water partition coefficient (Wildman–Crippen LogP) is 4.81. The lowest BCUT2D eigenvalue weighted by molar-refractivity contribution is -0.118. The van der Waals surface area contributed by atoms with Crippen LogP contribution >= 0.6 is 11.3 Å². The number of benzene rings is 3. The van der Waals surface area contributed by atoms with Crippen molar-refractivity contribution < 1.29 is 22.0 Å². The normalized spacial score (nSPS) is 11.8. The van der Waals surface area contributed by atoms with Crippen LogP contribution in [0.4, 0.5) is 13.9 Å². The van der Waals surface area contributed by atoms with Crippen molar-refractivity contribution in [3.63, 3.8) is 0 Å². The molecule has 3 aromatic carbocycles. The minimum atomic E-state index is -3.68. The van der Waals surface area contributed by atoms with Crippen molar-refractivity contribution in [2.75, 3.05) is 10.8 Å². The van der Waals surface area contributed by atoms with Crippen LogP contribution in [0, 0.1) is 11.6 Å². The summed E-state index contributed by atoms with van der Waals surface area (Å²) in [6, 6.07) is 17.3. The molecule has 0 atom stereocenters. The first kappa shape index (κ1) is 22.7. The Morgan fingerprint density at radius 3 is 2.42 bits per heavy atom. The zero-order valence-corrected chi connectivity index (χ0v) is 18.7. The Morgan fingerprint density at radius 2 is 1.70 bits per heavy atom. The fourth-order valence-electron chi connectivity index (χ4n) is 2.94. The number of amides is 1. The second-order valence-electron chi connectivity index (χ2n) is 6.99. The standard InChI is InChI=1S/C23H17F2N3O3S2/c24-17-8-6-16(7-9-17)15-26-28(23-27-20-11-10-18(25)14-21(20)32-23)22(29)12-13-33(30,31)19-4-2-1-3-5-19/h1-11,14-15H,12-13H2/b26-15+. The van der Waals surface area contributed by atoms with Gasteiger partial charge in [-0.2, -0.15) is 10.1 Å². The highest BCUT2D eigenvalue weighted by Crippen LogP contribution is 2.30. The smallest absolute Gasteiger partial charge is 0.250 e. The monoisotopic (exact) mass is 485 g/mol. The Kier molecular flexibility index (Phi) is 6.57. The van der Waals surface area contributed by atoms with Crippen LogP contribution in [0.5, 0.6) is 0 Å². The molecule has 0 aliphatic rings. The number of thiazole rings is 1. The third-order valence-corrected chi connectivity index (χ3v) is 7.36. The van der Waals surface area contributed by atoms with E-state index in [4.69, 9.17) is 0 Å². The van der Waals surface area contributed by atoms with Crippen LogP contribution in [0.15, 0.2) is 82.8 Å². The van der Waals surface area contributed by atoms with Crippen LogP contribution in [-0.2, 0) is 14.6 Å². The number of anilines is 1. The van der Waals surface area contributed by atoms with Gasteiger partial charge in [-0.15, -0.1) is 0 Å². The minimum absolute atomic E-state index is 0.120. The molecule has 0 N–H and O–H groups in total. The highest BCUT2D eigenvalue weighted by molar-refractivity contribution is 7.91. The van der Waals surface area contributed by atoms with E-state index >= 15 is 0 Å². The van der Waals surface area contributed by atoms with Crippen molar-refractivity contribution in [3.05, 3.63) is 90.0 Å². The van der Waals surface area contributed by atoms with Gasteiger partial charge < -0.3 is 0 Å². The van der Waals surface area contributed by atoms with Gasteiger partial charge in [0.1, 0.15) is 11.6 Å². The number of sulfone groups is 1. The summed E-state index contributed by atoms with van der Waals surface area (Å²) < 4.78 is 52.5. The van der Waals surface area contributed by atoms with Gasteiger partial charge in [0.05, 0.1) is 27.1 Å². The zero-order chi connectivity index (χ0) is 23.4. The minimum Gasteiger partial charge on any atom is -0.272 e. The lowest BCUT2D eigenvalue weighted by Crippen LogP contribution is -2.27. The first-order valence-electron chi connectivity index (χ1n) is 9.78. The van der Waals surface area contributed by atoms with Gasteiger partial charge in [0, 0.05) is 6.42 Å². The first-order valence-corrected chi connectivity index (χ1v) is 12.3. The third kappa shape index (κ3) is 5.47. The zero-order valence-electron chi connectivity index (χ0n) is 17.1. The molecule has 0 saturated carbocycles. The number of halogens is 2. The van der Waals surface area contributed by atoms with E-state index in [2.05, 4.69) is 10.1 Å². The number of carbonyl (C=O) groups is 1. The highest BCUT2D eigenvalue weighted by Gasteiger charge is 2.23. The van der Waals surface area contributed by atoms with Gasteiger partial charge in [-0.1, -0.05) is 41.7 Å². The molecule has 10 heteroatoms. The van der Waals surface area contributed by atoms with E-state index in [0.717, 1.165) is 16.3 Å².